The van der Waals surface area contributed by atoms with Crippen LogP contribution in [0.15, 0.2) is 81.9 Å². The van der Waals surface area contributed by atoms with E-state index in [1.165, 1.54) is 63.4 Å². The van der Waals surface area contributed by atoms with Crippen LogP contribution in [0.25, 0.3) is 0 Å². The number of nitrogens with zero attached hydrogens (tertiary/aromatic N) is 2. The topological polar surface area (TPSA) is 220 Å². The summed E-state index contributed by atoms with van der Waals surface area (Å²) in [6, 6.07) is 0. The van der Waals surface area contributed by atoms with E-state index >= 15 is 0 Å². The van der Waals surface area contributed by atoms with E-state index in [1.54, 1.807) is 27.2 Å². The van der Waals surface area contributed by atoms with Crippen LogP contribution in [0.4, 0.5) is 0 Å². The summed E-state index contributed by atoms with van der Waals surface area (Å²) in [4.78, 5) is 24.1. The Morgan fingerprint density at radius 3 is 1.05 bits per heavy atom. The van der Waals surface area contributed by atoms with Crippen molar-refractivity contribution in [2.45, 2.75) is 190 Å². The van der Waals surface area contributed by atoms with Gasteiger partial charge in [-0.2, -0.15) is 21.0 Å². The molecule has 0 aromatic heterocycles. The average Bonchev–Trinajstić information content (AvgIpc) is 4.33. The zero-order chi connectivity index (χ0) is 67.0. The number of aliphatic hydroxyl groups excluding tert-OH is 1. The standard InChI is InChI=1S/C6H12O.C6H12.C5H10O.2C5H10.C4H8O.3C4H8.C3H5Cl.C3H6O.C3H4.C2H3NO.C2H3NS.C2H4O2.CH5N.CH4O3S.CH4O.CH4S/c1-3-6(2)4-7-5-6;1-3-5-6-4-2;1-5(2)3-6-4-5;1-4-5(2)3;1-3-5-4-2;1-4-2-5-3-4;1-4-2-3-4;1-4(2)3;1-3-4-2;1-3(2)4;1-3-2-4-3;1-3-2;2*1-3-2-4;1-2(3)4;1-2;1-5(2,3)4;2*1-2/h3-5H2,1-2H3;3,5H,4,6H2,1-2H3;3-4H2,1-2H3;4H,1-3H3;3,5H,4H2,1-2H3;4H,2-3H2,1H3;4H,2-3H2,1H3;1H2,2-3H3;3-4H,1-2H3;1H2,2H3;3H,2H2,1H3;1H,2H3;2*1H3;1H3,(H,3,4);2H2,1H3;1H3,(H,2,3,4);2*2H,1H3/b;5-3+;;;5-3+;;;;4-3+;;;;;;;;;;. The number of rotatable bonds is 4. The van der Waals surface area contributed by atoms with E-state index in [4.69, 9.17) is 54.9 Å². The molecular weight excluding hydrogens is 1090 g/mol. The Morgan fingerprint density at radius 2 is 1.04 bits per heavy atom. The Bertz CT molecular complexity index is 1480. The average molecular weight is 1220 g/mol. The minimum absolute atomic E-state index is 0.500. The first-order valence-corrected chi connectivity index (χ1v) is 30.2. The first-order valence-electron chi connectivity index (χ1n) is 26.7. The minimum atomic E-state index is -3.67. The van der Waals surface area contributed by atoms with Gasteiger partial charge in [0.05, 0.1) is 63.8 Å². The molecule has 5 rings (SSSR count). The number of thiocarbonyl (C=S) groups is 1. The normalized spacial score (nSPS) is 14.2. The van der Waals surface area contributed by atoms with Crippen LogP contribution in [0, 0.1) is 35.0 Å². The van der Waals surface area contributed by atoms with E-state index < -0.39 is 16.1 Å². The van der Waals surface area contributed by atoms with Crippen molar-refractivity contribution >= 4 is 63.8 Å². The summed E-state index contributed by atoms with van der Waals surface area (Å²) >= 11 is 12.7. The Kier molecular flexibility index (Phi) is 142. The van der Waals surface area contributed by atoms with Crippen LogP contribution in [0.2, 0.25) is 0 Å². The summed E-state index contributed by atoms with van der Waals surface area (Å²) in [6.45, 7) is 56.1. The van der Waals surface area contributed by atoms with Gasteiger partial charge in [0, 0.05) is 49.9 Å². The number of isocyanates is 1. The SMILES string of the molecule is C#CC.C/C=C/C.C/C=C/CC.C/C=C/CCC.C=C(C)C.C=C(C)Cl.CC(=O)O.CC1(C)COC1.CC1CC1.CC1CO1.CC1COC1.CC=C(C)C.CCC1(C)COC1.CN.CN=C=O.CN=C=S.CO.CS.CS(=O)(=O)O. The van der Waals surface area contributed by atoms with Crippen LogP contribution in [0.5, 0.6) is 0 Å². The van der Waals surface area contributed by atoms with Crippen molar-refractivity contribution in [3.05, 3.63) is 71.9 Å². The number of terminal acetylenes is 1. The number of aliphatic carboxylic acids is 1. The van der Waals surface area contributed by atoms with Gasteiger partial charge >= 0.3 is 0 Å². The van der Waals surface area contributed by atoms with Crippen LogP contribution in [-0.4, -0.2) is 134 Å². The second-order valence-electron chi connectivity index (χ2n) is 18.2. The van der Waals surface area contributed by atoms with E-state index in [2.05, 4.69) is 185 Å². The van der Waals surface area contributed by atoms with Crippen molar-refractivity contribution in [2.75, 3.05) is 87.0 Å². The molecule has 1 saturated carbocycles. The number of carboxylic acid groups (broad SMARTS) is 1. The van der Waals surface area contributed by atoms with E-state index in [0.29, 0.717) is 28.2 Å². The number of aliphatic imine (C=N–C) groups is 2. The van der Waals surface area contributed by atoms with Gasteiger partial charge in [-0.3, -0.25) is 9.35 Å². The van der Waals surface area contributed by atoms with Gasteiger partial charge in [0.1, 0.15) is 0 Å². The van der Waals surface area contributed by atoms with E-state index in [1.807, 2.05) is 53.7 Å². The number of ether oxygens (including phenoxy) is 4. The summed E-state index contributed by atoms with van der Waals surface area (Å²) in [7, 11) is 1.81. The number of halogens is 1. The van der Waals surface area contributed by atoms with Crippen molar-refractivity contribution in [1.82, 2.24) is 0 Å². The molecule has 5 N–H and O–H groups in total. The van der Waals surface area contributed by atoms with Crippen LogP contribution >= 0.6 is 36.4 Å². The number of epoxide rings is 1. The molecule has 0 aromatic carbocycles. The second kappa shape index (κ2) is 101. The smallest absolute Gasteiger partial charge is 0.300 e. The Morgan fingerprint density at radius 1 is 0.800 bits per heavy atom. The molecule has 18 heteroatoms. The Hall–Kier alpha value is -3.04. The van der Waals surface area contributed by atoms with Crippen LogP contribution in [0.3, 0.4) is 0 Å². The number of isothiocyanates is 1. The first-order chi connectivity index (χ1) is 37.1. The number of hydrogen-bond acceptors (Lipinski definition) is 14. The molecule has 4 aliphatic heterocycles. The molecule has 0 spiro atoms. The maximum absolute atomic E-state index is 9.19. The van der Waals surface area contributed by atoms with E-state index in [9.17, 15) is 8.42 Å². The van der Waals surface area contributed by atoms with E-state index in [-0.39, 0.29) is 0 Å². The highest BCUT2D eigenvalue weighted by molar-refractivity contribution is 7.85. The maximum atomic E-state index is 9.19. The van der Waals surface area contributed by atoms with Gasteiger partial charge in [-0.05, 0) is 134 Å². The predicted octanol–water partition coefficient (Wildman–Crippen LogP) is 16.8. The monoisotopic (exact) mass is 1220 g/mol. The molecule has 1 atom stereocenters. The van der Waals surface area contributed by atoms with Gasteiger partial charge in [0.2, 0.25) is 6.08 Å². The fraction of sp³-hybridized carbons (Fsp3) is 0.726. The number of nitrogens with two attached hydrogens (primary N) is 1. The van der Waals surface area contributed by atoms with E-state index in [0.717, 1.165) is 78.5 Å². The molecule has 0 amide bonds. The summed E-state index contributed by atoms with van der Waals surface area (Å²) in [5.41, 5.74) is 8.09. The summed E-state index contributed by atoms with van der Waals surface area (Å²) < 4.78 is 45.4. The number of allylic oxidation sites excluding steroid dienone is 10. The lowest BCUT2D eigenvalue weighted by atomic mass is 9.86. The highest BCUT2D eigenvalue weighted by Crippen LogP contribution is 2.29. The molecule has 1 aliphatic carbocycles. The molecule has 4 saturated heterocycles. The van der Waals surface area contributed by atoms with Gasteiger partial charge in [-0.25, -0.2) is 14.8 Å². The fourth-order valence-electron chi connectivity index (χ4n) is 2.35. The molecular formula is C62H128ClN3O11S3. The van der Waals surface area contributed by atoms with Gasteiger partial charge in [-0.15, -0.1) is 18.9 Å². The largest absolute Gasteiger partial charge is 0.481 e. The van der Waals surface area contributed by atoms with Crippen LogP contribution in [-0.2, 0) is 38.7 Å². The second-order valence-corrected chi connectivity index (χ2v) is 20.5. The quantitative estimate of drug-likeness (QED) is 0.0259. The summed E-state index contributed by atoms with van der Waals surface area (Å²) in [6.07, 6.45) is 31.3. The molecule has 0 radical (unpaired) electrons. The molecule has 80 heavy (non-hydrogen) atoms. The highest BCUT2D eigenvalue weighted by Gasteiger charge is 2.30. The number of hydrogen-bond donors (Lipinski definition) is 5. The zero-order valence-electron chi connectivity index (χ0n) is 56.2. The third-order valence-electron chi connectivity index (χ3n) is 7.17. The molecule has 5 aliphatic rings. The van der Waals surface area contributed by atoms with Gasteiger partial charge < -0.3 is 34.9 Å². The maximum Gasteiger partial charge on any atom is 0.300 e. The van der Waals surface area contributed by atoms with Crippen molar-refractivity contribution < 1.29 is 51.7 Å². The molecule has 14 nitrogen and oxygen atoms in total. The third kappa shape index (κ3) is 285. The Balaban J connectivity index is -0.0000000483. The van der Waals surface area contributed by atoms with Crippen molar-refractivity contribution in [2.24, 2.45) is 38.4 Å². The summed E-state index contributed by atoms with van der Waals surface area (Å²) in [5.74, 6) is 3.34. The lowest BCUT2D eigenvalue weighted by molar-refractivity contribution is -0.134. The van der Waals surface area contributed by atoms with Gasteiger partial charge in [0.15, 0.2) is 0 Å². The first kappa shape index (κ1) is 112. The third-order valence-corrected chi connectivity index (χ3v) is 7.35. The van der Waals surface area contributed by atoms with Crippen molar-refractivity contribution in [1.29, 1.82) is 0 Å². The highest BCUT2D eigenvalue weighted by atomic mass is 35.5. The van der Waals surface area contributed by atoms with Crippen molar-refractivity contribution in [3.8, 4) is 12.3 Å². The fourth-order valence-corrected chi connectivity index (χ4v) is 2.35. The number of carbonyl (C=O) groups excluding carboxylic acids is 1. The number of thiol groups is 1. The Labute approximate surface area is 512 Å². The van der Waals surface area contributed by atoms with Gasteiger partial charge in [0.25, 0.3) is 16.1 Å². The van der Waals surface area contributed by atoms with Crippen LogP contribution in [0.1, 0.15) is 184 Å². The molecule has 482 valence electrons. The lowest BCUT2D eigenvalue weighted by Gasteiger charge is -2.36. The molecule has 0 bridgehead atoms. The number of aliphatic hydroxyl groups is 1. The summed E-state index contributed by atoms with van der Waals surface area (Å²) in [5, 5.41) is 17.2. The van der Waals surface area contributed by atoms with Gasteiger partial charge in [-0.1, -0.05) is 147 Å². The number of carbonyl (C=O) groups is 1. The zero-order valence-corrected chi connectivity index (χ0v) is 59.5. The molecule has 5 fully saturated rings. The van der Waals surface area contributed by atoms with Crippen LogP contribution < -0.4 is 5.73 Å². The molecule has 1 unspecified atom stereocenters. The lowest BCUT2D eigenvalue weighted by Crippen LogP contribution is -2.38. The minimum Gasteiger partial charge on any atom is -0.481 e. The molecule has 0 aromatic rings. The number of unbranched alkanes of at least 4 members (excludes halogenated alkanes) is 1. The molecule has 4 heterocycles. The number of carboxylic acids is 1. The predicted molar refractivity (Wildman–Crippen MR) is 363 cm³/mol. The van der Waals surface area contributed by atoms with Crippen molar-refractivity contribution in [3.63, 3.8) is 0 Å².